The quantitative estimate of drug-likeness (QED) is 0.663. The van der Waals surface area contributed by atoms with E-state index in [-0.39, 0.29) is 16.4 Å². The molecule has 0 bridgehead atoms. The number of hydrogen-bond acceptors (Lipinski definition) is 6. The van der Waals surface area contributed by atoms with Crippen LogP contribution in [0.15, 0.2) is 15.0 Å². The Morgan fingerprint density at radius 1 is 1.44 bits per heavy atom. The summed E-state index contributed by atoms with van der Waals surface area (Å²) in [7, 11) is 1.56. The summed E-state index contributed by atoms with van der Waals surface area (Å²) in [6.07, 6.45) is 0.578. The fourth-order valence-corrected chi connectivity index (χ4v) is 2.44. The van der Waals surface area contributed by atoms with Crippen molar-refractivity contribution in [2.45, 2.75) is 17.1 Å². The lowest BCUT2D eigenvalue weighted by Crippen LogP contribution is -2.13. The van der Waals surface area contributed by atoms with Gasteiger partial charge in [-0.2, -0.15) is 0 Å². The van der Waals surface area contributed by atoms with Crippen LogP contribution in [0.5, 0.6) is 0 Å². The Morgan fingerprint density at radius 3 is 2.72 bits per heavy atom. The summed E-state index contributed by atoms with van der Waals surface area (Å²) in [6.45, 7) is 1.66. The highest BCUT2D eigenvalue weighted by atomic mass is 35.5. The normalized spacial score (nSPS) is 10.6. The van der Waals surface area contributed by atoms with E-state index in [1.807, 2.05) is 0 Å². The van der Waals surface area contributed by atoms with Crippen molar-refractivity contribution in [2.24, 2.45) is 7.05 Å². The number of H-pyrrole nitrogens is 1. The molecule has 0 atom stereocenters. The van der Waals surface area contributed by atoms with Crippen LogP contribution in [-0.2, 0) is 7.05 Å². The van der Waals surface area contributed by atoms with Gasteiger partial charge in [0.1, 0.15) is 16.0 Å². The molecule has 0 spiro atoms. The molecular weight excluding hydrogens is 278 g/mol. The first kappa shape index (κ1) is 12.8. The number of carbonyl (C=O) groups excluding carboxylic acids is 1. The second kappa shape index (κ2) is 4.91. The average molecular weight is 286 g/mol. The lowest BCUT2D eigenvalue weighted by atomic mass is 10.4. The van der Waals surface area contributed by atoms with Crippen molar-refractivity contribution in [2.75, 3.05) is 0 Å². The number of aryl methyl sites for hydroxylation is 1. The molecule has 94 valence electrons. The molecule has 0 unspecified atom stereocenters. The van der Waals surface area contributed by atoms with E-state index in [9.17, 15) is 9.59 Å². The molecule has 0 amide bonds. The second-order valence-corrected chi connectivity index (χ2v) is 4.68. The van der Waals surface area contributed by atoms with Gasteiger partial charge in [-0.25, -0.2) is 19.9 Å². The number of nitrogens with zero attached hydrogens (tertiary/aromatic N) is 4. The number of aromatic amines is 1. The Morgan fingerprint density at radius 2 is 2.17 bits per heavy atom. The zero-order chi connectivity index (χ0) is 13.3. The van der Waals surface area contributed by atoms with Crippen LogP contribution < -0.4 is 5.69 Å². The number of aromatic nitrogens is 5. The van der Waals surface area contributed by atoms with Gasteiger partial charge in [-0.3, -0.25) is 9.36 Å². The van der Waals surface area contributed by atoms with Crippen molar-refractivity contribution in [1.82, 2.24) is 24.7 Å². The number of carbonyl (C=O) groups is 1. The summed E-state index contributed by atoms with van der Waals surface area (Å²) in [4.78, 5) is 30.2. The van der Waals surface area contributed by atoms with E-state index in [4.69, 9.17) is 11.6 Å². The van der Waals surface area contributed by atoms with Crippen LogP contribution in [0.2, 0.25) is 5.15 Å². The first-order valence-corrected chi connectivity index (χ1v) is 6.01. The van der Waals surface area contributed by atoms with Crippen molar-refractivity contribution in [3.63, 3.8) is 0 Å². The number of halogens is 1. The number of rotatable bonds is 3. The molecule has 18 heavy (non-hydrogen) atoms. The van der Waals surface area contributed by atoms with E-state index < -0.39 is 0 Å². The third-order valence-electron chi connectivity index (χ3n) is 2.12. The summed E-state index contributed by atoms with van der Waals surface area (Å²) in [6, 6.07) is 0. The molecule has 0 fully saturated rings. The van der Waals surface area contributed by atoms with Gasteiger partial charge in [-0.15, -0.1) is 5.10 Å². The highest BCUT2D eigenvalue weighted by Crippen LogP contribution is 2.28. The number of nitrogens with one attached hydrogen (secondary N) is 1. The van der Waals surface area contributed by atoms with Gasteiger partial charge in [0.05, 0.1) is 5.56 Å². The van der Waals surface area contributed by atoms with E-state index in [0.717, 1.165) is 11.8 Å². The molecule has 0 aliphatic heterocycles. The first-order chi connectivity index (χ1) is 8.52. The average Bonchev–Trinajstić information content (AvgIpc) is 2.60. The zero-order valence-corrected chi connectivity index (χ0v) is 11.0. The van der Waals surface area contributed by atoms with Gasteiger partial charge in [-0.1, -0.05) is 11.6 Å². The summed E-state index contributed by atoms with van der Waals surface area (Å²) >= 11 is 6.92. The van der Waals surface area contributed by atoms with E-state index >= 15 is 0 Å². The molecule has 0 radical (unpaired) electrons. The molecule has 0 saturated heterocycles. The summed E-state index contributed by atoms with van der Waals surface area (Å²) in [5.74, 6) is 0.439. The molecule has 0 aliphatic carbocycles. The van der Waals surface area contributed by atoms with E-state index in [2.05, 4.69) is 20.2 Å². The predicted octanol–water partition coefficient (Wildman–Crippen LogP) is 0.824. The third-order valence-corrected chi connectivity index (χ3v) is 3.46. The molecule has 2 aromatic heterocycles. The zero-order valence-electron chi connectivity index (χ0n) is 9.47. The van der Waals surface area contributed by atoms with Crippen molar-refractivity contribution in [1.29, 1.82) is 0 Å². The van der Waals surface area contributed by atoms with Crippen LogP contribution in [-0.4, -0.2) is 31.0 Å². The summed E-state index contributed by atoms with van der Waals surface area (Å²) in [5.41, 5.74) is -0.162. The SMILES string of the molecule is Cc1nc(Cl)c(C=O)c(Sc2n[nH]c(=O)n2C)n1. The molecule has 0 saturated carbocycles. The molecule has 1 N–H and O–H groups in total. The molecular formula is C9H8ClN5O2S. The topological polar surface area (TPSA) is 93.5 Å². The minimum atomic E-state index is -0.345. The molecule has 0 aromatic carbocycles. The number of hydrogen-bond donors (Lipinski definition) is 1. The number of aldehydes is 1. The van der Waals surface area contributed by atoms with Gasteiger partial charge >= 0.3 is 5.69 Å². The highest BCUT2D eigenvalue weighted by Gasteiger charge is 2.15. The van der Waals surface area contributed by atoms with Crippen molar-refractivity contribution < 1.29 is 4.79 Å². The van der Waals surface area contributed by atoms with Gasteiger partial charge in [0.2, 0.25) is 0 Å². The van der Waals surface area contributed by atoms with Gasteiger partial charge in [-0.05, 0) is 18.7 Å². The predicted molar refractivity (Wildman–Crippen MR) is 65.1 cm³/mol. The smallest absolute Gasteiger partial charge is 0.298 e. The Labute approximate surface area is 111 Å². The molecule has 7 nitrogen and oxygen atoms in total. The molecule has 2 aromatic rings. The second-order valence-electron chi connectivity index (χ2n) is 3.37. The Hall–Kier alpha value is -1.67. The van der Waals surface area contributed by atoms with E-state index in [1.54, 1.807) is 14.0 Å². The Bertz CT molecular complexity index is 665. The minimum Gasteiger partial charge on any atom is -0.298 e. The van der Waals surface area contributed by atoms with Crippen molar-refractivity contribution >= 4 is 29.6 Å². The van der Waals surface area contributed by atoms with Crippen molar-refractivity contribution in [3.8, 4) is 0 Å². The van der Waals surface area contributed by atoms with Crippen molar-refractivity contribution in [3.05, 3.63) is 27.0 Å². The maximum Gasteiger partial charge on any atom is 0.343 e. The molecule has 2 rings (SSSR count). The van der Waals surface area contributed by atoms with Crippen LogP contribution in [0.1, 0.15) is 16.2 Å². The standard InChI is InChI=1S/C9H8ClN5O2S/c1-4-11-6(10)5(3-16)7(12-4)18-9-14-13-8(17)15(9)2/h3H,1-2H3,(H,13,17). The van der Waals surface area contributed by atoms with Crippen LogP contribution in [0.3, 0.4) is 0 Å². The van der Waals surface area contributed by atoms with Gasteiger partial charge in [0.25, 0.3) is 0 Å². The van der Waals surface area contributed by atoms with E-state index in [1.165, 1.54) is 4.57 Å². The largest absolute Gasteiger partial charge is 0.343 e. The van der Waals surface area contributed by atoms with Crippen LogP contribution >= 0.6 is 23.4 Å². The summed E-state index contributed by atoms with van der Waals surface area (Å²) in [5, 5.41) is 6.95. The van der Waals surface area contributed by atoms with Gasteiger partial charge < -0.3 is 0 Å². The molecule has 2 heterocycles. The maximum absolute atomic E-state index is 11.2. The molecule has 0 aliphatic rings. The maximum atomic E-state index is 11.2. The van der Waals surface area contributed by atoms with Crippen LogP contribution in [0, 0.1) is 6.92 Å². The highest BCUT2D eigenvalue weighted by molar-refractivity contribution is 7.99. The fraction of sp³-hybridized carbons (Fsp3) is 0.222. The van der Waals surface area contributed by atoms with E-state index in [0.29, 0.717) is 22.3 Å². The van der Waals surface area contributed by atoms with Gasteiger partial charge in [0.15, 0.2) is 11.4 Å². The third kappa shape index (κ3) is 2.29. The lowest BCUT2D eigenvalue weighted by molar-refractivity contribution is 0.112. The summed E-state index contributed by atoms with van der Waals surface area (Å²) < 4.78 is 1.31. The fourth-order valence-electron chi connectivity index (χ4n) is 1.21. The Kier molecular flexibility index (Phi) is 3.48. The van der Waals surface area contributed by atoms with Crippen LogP contribution in [0.25, 0.3) is 0 Å². The Balaban J connectivity index is 2.49. The lowest BCUT2D eigenvalue weighted by Gasteiger charge is -2.04. The van der Waals surface area contributed by atoms with Gasteiger partial charge in [0, 0.05) is 7.05 Å². The monoisotopic (exact) mass is 285 g/mol. The van der Waals surface area contributed by atoms with Crippen LogP contribution in [0.4, 0.5) is 0 Å². The first-order valence-electron chi connectivity index (χ1n) is 4.81. The minimum absolute atomic E-state index is 0.0838. The molecule has 9 heteroatoms.